The van der Waals surface area contributed by atoms with Crippen LogP contribution in [-0.2, 0) is 6.18 Å². The van der Waals surface area contributed by atoms with E-state index in [1.54, 1.807) is 31.2 Å². The zero-order valence-corrected chi connectivity index (χ0v) is 11.5. The Hall–Kier alpha value is -2.48. The summed E-state index contributed by atoms with van der Waals surface area (Å²) in [7, 11) is 1.50. The first-order valence-electron chi connectivity index (χ1n) is 6.13. The fourth-order valence-corrected chi connectivity index (χ4v) is 2.15. The summed E-state index contributed by atoms with van der Waals surface area (Å²) in [5.41, 5.74) is 0.396. The molecule has 0 aliphatic heterocycles. The van der Waals surface area contributed by atoms with Gasteiger partial charge < -0.3 is 4.74 Å². The first-order valence-corrected chi connectivity index (χ1v) is 6.13. The molecule has 0 aromatic heterocycles. The van der Waals surface area contributed by atoms with Crippen molar-refractivity contribution in [1.29, 1.82) is 5.26 Å². The maximum atomic E-state index is 13.2. The average molecular weight is 291 g/mol. The lowest BCUT2D eigenvalue weighted by molar-refractivity contribution is -0.137. The number of nitriles is 1. The van der Waals surface area contributed by atoms with E-state index in [2.05, 4.69) is 0 Å². The standard InChI is InChI=1S/C16H12F3NO/c1-10-7-12(4-6-15(10)21-2)13-5-3-11(9-20)8-14(13)16(17,18)19/h3-8H,1-2H3. The molecule has 0 atom stereocenters. The molecule has 2 aromatic rings. The van der Waals surface area contributed by atoms with Crippen molar-refractivity contribution in [3.8, 4) is 22.9 Å². The third-order valence-electron chi connectivity index (χ3n) is 3.16. The highest BCUT2D eigenvalue weighted by molar-refractivity contribution is 5.70. The summed E-state index contributed by atoms with van der Waals surface area (Å²) in [6.07, 6.45) is -4.52. The van der Waals surface area contributed by atoms with Crippen LogP contribution in [0.4, 0.5) is 13.2 Å². The van der Waals surface area contributed by atoms with Crippen molar-refractivity contribution in [2.75, 3.05) is 7.11 Å². The van der Waals surface area contributed by atoms with Gasteiger partial charge in [0.15, 0.2) is 0 Å². The van der Waals surface area contributed by atoms with Crippen LogP contribution in [-0.4, -0.2) is 7.11 Å². The van der Waals surface area contributed by atoms with Crippen molar-refractivity contribution < 1.29 is 17.9 Å². The highest BCUT2D eigenvalue weighted by Gasteiger charge is 2.34. The van der Waals surface area contributed by atoms with E-state index in [1.807, 2.05) is 0 Å². The molecule has 2 aromatic carbocycles. The number of rotatable bonds is 2. The maximum Gasteiger partial charge on any atom is 0.417 e. The molecule has 0 saturated heterocycles. The molecule has 0 amide bonds. The van der Waals surface area contributed by atoms with Crippen molar-refractivity contribution in [2.24, 2.45) is 0 Å². The minimum absolute atomic E-state index is 0.0173. The molecule has 0 N–H and O–H groups in total. The Morgan fingerprint density at radius 1 is 1.10 bits per heavy atom. The first kappa shape index (κ1) is 14.9. The highest BCUT2D eigenvalue weighted by Crippen LogP contribution is 2.38. The summed E-state index contributed by atoms with van der Waals surface area (Å²) in [5.74, 6) is 0.612. The van der Waals surface area contributed by atoms with E-state index in [9.17, 15) is 13.2 Å². The third-order valence-corrected chi connectivity index (χ3v) is 3.16. The van der Waals surface area contributed by atoms with E-state index in [0.29, 0.717) is 11.3 Å². The highest BCUT2D eigenvalue weighted by atomic mass is 19.4. The van der Waals surface area contributed by atoms with Crippen LogP contribution in [0.1, 0.15) is 16.7 Å². The molecule has 0 saturated carbocycles. The Morgan fingerprint density at radius 2 is 1.81 bits per heavy atom. The topological polar surface area (TPSA) is 33.0 Å². The number of hydrogen-bond acceptors (Lipinski definition) is 2. The zero-order valence-electron chi connectivity index (χ0n) is 11.5. The lowest BCUT2D eigenvalue weighted by Gasteiger charge is -2.14. The van der Waals surface area contributed by atoms with Gasteiger partial charge in [0.2, 0.25) is 0 Å². The van der Waals surface area contributed by atoms with E-state index >= 15 is 0 Å². The van der Waals surface area contributed by atoms with Crippen molar-refractivity contribution in [3.63, 3.8) is 0 Å². The molecular weight excluding hydrogens is 279 g/mol. The van der Waals surface area contributed by atoms with E-state index < -0.39 is 11.7 Å². The molecule has 2 rings (SSSR count). The zero-order chi connectivity index (χ0) is 15.6. The second kappa shape index (κ2) is 5.49. The quantitative estimate of drug-likeness (QED) is 0.812. The van der Waals surface area contributed by atoms with Crippen LogP contribution in [0.15, 0.2) is 36.4 Å². The predicted octanol–water partition coefficient (Wildman–Crippen LogP) is 4.56. The number of hydrogen-bond donors (Lipinski definition) is 0. The van der Waals surface area contributed by atoms with Crippen LogP contribution in [0.5, 0.6) is 5.75 Å². The number of methoxy groups -OCH3 is 1. The van der Waals surface area contributed by atoms with E-state index in [-0.39, 0.29) is 11.1 Å². The number of halogens is 3. The summed E-state index contributed by atoms with van der Waals surface area (Å²) in [6.45, 7) is 1.76. The summed E-state index contributed by atoms with van der Waals surface area (Å²) >= 11 is 0. The van der Waals surface area contributed by atoms with Gasteiger partial charge >= 0.3 is 6.18 Å². The van der Waals surface area contributed by atoms with Gasteiger partial charge in [-0.15, -0.1) is 0 Å². The molecule has 21 heavy (non-hydrogen) atoms. The van der Waals surface area contributed by atoms with Crippen LogP contribution < -0.4 is 4.74 Å². The molecule has 0 heterocycles. The molecule has 0 unspecified atom stereocenters. The fourth-order valence-electron chi connectivity index (χ4n) is 2.15. The normalized spacial score (nSPS) is 11.0. The number of benzene rings is 2. The average Bonchev–Trinajstić information content (AvgIpc) is 2.45. The lowest BCUT2D eigenvalue weighted by Crippen LogP contribution is -2.07. The van der Waals surface area contributed by atoms with Crippen LogP contribution >= 0.6 is 0 Å². The van der Waals surface area contributed by atoms with Gasteiger partial charge in [0.1, 0.15) is 5.75 Å². The number of nitrogens with zero attached hydrogens (tertiary/aromatic N) is 1. The monoisotopic (exact) mass is 291 g/mol. The maximum absolute atomic E-state index is 13.2. The van der Waals surface area contributed by atoms with Crippen molar-refractivity contribution in [1.82, 2.24) is 0 Å². The summed E-state index contributed by atoms with van der Waals surface area (Å²) in [5, 5.41) is 8.77. The Kier molecular flexibility index (Phi) is 3.90. The molecule has 5 heteroatoms. The lowest BCUT2D eigenvalue weighted by atomic mass is 9.96. The van der Waals surface area contributed by atoms with Crippen LogP contribution in [0, 0.1) is 18.3 Å². The smallest absolute Gasteiger partial charge is 0.417 e. The summed E-state index contributed by atoms with van der Waals surface area (Å²) in [4.78, 5) is 0. The first-order chi connectivity index (χ1) is 9.86. The van der Waals surface area contributed by atoms with Gasteiger partial charge in [-0.25, -0.2) is 0 Å². The number of ether oxygens (including phenoxy) is 1. The molecule has 2 nitrogen and oxygen atoms in total. The van der Waals surface area contributed by atoms with Gasteiger partial charge in [-0.05, 0) is 47.9 Å². The van der Waals surface area contributed by atoms with E-state index in [1.165, 1.54) is 19.2 Å². The molecule has 0 aliphatic carbocycles. The van der Waals surface area contributed by atoms with Crippen molar-refractivity contribution in [2.45, 2.75) is 13.1 Å². The molecule has 108 valence electrons. The van der Waals surface area contributed by atoms with Gasteiger partial charge in [0, 0.05) is 0 Å². The number of alkyl halides is 3. The molecule has 0 radical (unpaired) electrons. The summed E-state index contributed by atoms with van der Waals surface area (Å²) in [6, 6.07) is 10.1. The van der Waals surface area contributed by atoms with Crippen LogP contribution in [0.3, 0.4) is 0 Å². The fraction of sp³-hybridized carbons (Fsp3) is 0.188. The number of aryl methyl sites for hydroxylation is 1. The van der Waals surface area contributed by atoms with Gasteiger partial charge in [-0.3, -0.25) is 0 Å². The van der Waals surface area contributed by atoms with Gasteiger partial charge in [0.05, 0.1) is 24.3 Å². The SMILES string of the molecule is COc1ccc(-c2ccc(C#N)cc2C(F)(F)F)cc1C. The Balaban J connectivity index is 2.64. The third kappa shape index (κ3) is 3.00. The molecule has 0 spiro atoms. The molecule has 0 aliphatic rings. The minimum atomic E-state index is -4.52. The second-order valence-corrected chi connectivity index (χ2v) is 4.55. The van der Waals surface area contributed by atoms with Gasteiger partial charge in [-0.2, -0.15) is 18.4 Å². The minimum Gasteiger partial charge on any atom is -0.496 e. The van der Waals surface area contributed by atoms with Crippen LogP contribution in [0.2, 0.25) is 0 Å². The van der Waals surface area contributed by atoms with Gasteiger partial charge in [-0.1, -0.05) is 12.1 Å². The largest absolute Gasteiger partial charge is 0.496 e. The van der Waals surface area contributed by atoms with E-state index in [0.717, 1.165) is 11.6 Å². The molecular formula is C16H12F3NO. The summed E-state index contributed by atoms with van der Waals surface area (Å²) < 4.78 is 44.6. The van der Waals surface area contributed by atoms with Gasteiger partial charge in [0.25, 0.3) is 0 Å². The van der Waals surface area contributed by atoms with E-state index in [4.69, 9.17) is 10.00 Å². The van der Waals surface area contributed by atoms with Crippen molar-refractivity contribution >= 4 is 0 Å². The molecule has 0 fully saturated rings. The Labute approximate surface area is 120 Å². The predicted molar refractivity (Wildman–Crippen MR) is 72.9 cm³/mol. The second-order valence-electron chi connectivity index (χ2n) is 4.55. The Bertz CT molecular complexity index is 714. The van der Waals surface area contributed by atoms with Crippen molar-refractivity contribution in [3.05, 3.63) is 53.1 Å². The van der Waals surface area contributed by atoms with Crippen LogP contribution in [0.25, 0.3) is 11.1 Å². The Morgan fingerprint density at radius 3 is 2.33 bits per heavy atom. The molecule has 0 bridgehead atoms.